The van der Waals surface area contributed by atoms with E-state index in [1.54, 1.807) is 7.11 Å². The van der Waals surface area contributed by atoms with Crippen molar-refractivity contribution in [2.45, 2.75) is 32.7 Å². The van der Waals surface area contributed by atoms with Gasteiger partial charge in [0.15, 0.2) is 0 Å². The quantitative estimate of drug-likeness (QED) is 0.780. The van der Waals surface area contributed by atoms with Crippen LogP contribution in [-0.2, 0) is 11.2 Å². The fourth-order valence-electron chi connectivity index (χ4n) is 2.16. The van der Waals surface area contributed by atoms with Gasteiger partial charge in [-0.1, -0.05) is 37.6 Å². The van der Waals surface area contributed by atoms with Crippen molar-refractivity contribution in [3.8, 4) is 0 Å². The molecule has 0 aromatic heterocycles. The highest BCUT2D eigenvalue weighted by Crippen LogP contribution is 2.17. The molecule has 1 aromatic carbocycles. The summed E-state index contributed by atoms with van der Waals surface area (Å²) >= 11 is 6.03. The highest BCUT2D eigenvalue weighted by atomic mass is 35.5. The largest absolute Gasteiger partial charge is 0.385 e. The standard InChI is InChI=1S/C15H24ClNO/c1-4-17-15(12(2)8-9-18-3)11-13-6-5-7-14(16)10-13/h5-7,10,12,15,17H,4,8-9,11H2,1-3H3. The van der Waals surface area contributed by atoms with Crippen LogP contribution in [-0.4, -0.2) is 26.3 Å². The molecule has 2 unspecified atom stereocenters. The van der Waals surface area contributed by atoms with Crippen LogP contribution in [0.4, 0.5) is 0 Å². The third-order valence-electron chi connectivity index (χ3n) is 3.28. The number of likely N-dealkylation sites (N-methyl/N-ethyl adjacent to an activating group) is 1. The predicted octanol–water partition coefficient (Wildman–Crippen LogP) is 3.53. The lowest BCUT2D eigenvalue weighted by atomic mass is 9.92. The van der Waals surface area contributed by atoms with Crippen molar-refractivity contribution in [3.63, 3.8) is 0 Å². The second-order valence-electron chi connectivity index (χ2n) is 4.76. The maximum Gasteiger partial charge on any atom is 0.0465 e. The van der Waals surface area contributed by atoms with Gasteiger partial charge in [-0.25, -0.2) is 0 Å². The van der Waals surface area contributed by atoms with Gasteiger partial charge in [-0.05, 0) is 43.0 Å². The molecule has 0 spiro atoms. The van der Waals surface area contributed by atoms with Gasteiger partial charge in [0.05, 0.1) is 0 Å². The molecule has 0 aliphatic rings. The molecule has 2 nitrogen and oxygen atoms in total. The van der Waals surface area contributed by atoms with Crippen LogP contribution in [0, 0.1) is 5.92 Å². The summed E-state index contributed by atoms with van der Waals surface area (Å²) in [4.78, 5) is 0. The third-order valence-corrected chi connectivity index (χ3v) is 3.51. The number of methoxy groups -OCH3 is 1. The Morgan fingerprint density at radius 3 is 2.78 bits per heavy atom. The van der Waals surface area contributed by atoms with Crippen LogP contribution in [0.2, 0.25) is 5.02 Å². The van der Waals surface area contributed by atoms with Gasteiger partial charge >= 0.3 is 0 Å². The molecule has 18 heavy (non-hydrogen) atoms. The smallest absolute Gasteiger partial charge is 0.0465 e. The molecule has 0 saturated carbocycles. The van der Waals surface area contributed by atoms with Gasteiger partial charge in [0, 0.05) is 24.8 Å². The zero-order chi connectivity index (χ0) is 13.4. The highest BCUT2D eigenvalue weighted by molar-refractivity contribution is 6.30. The summed E-state index contributed by atoms with van der Waals surface area (Å²) in [7, 11) is 1.76. The van der Waals surface area contributed by atoms with Gasteiger partial charge < -0.3 is 10.1 Å². The molecule has 0 radical (unpaired) electrons. The van der Waals surface area contributed by atoms with Gasteiger partial charge in [0.2, 0.25) is 0 Å². The Morgan fingerprint density at radius 1 is 1.39 bits per heavy atom. The molecule has 0 aliphatic heterocycles. The van der Waals surface area contributed by atoms with Gasteiger partial charge in [0.1, 0.15) is 0 Å². The average molecular weight is 270 g/mol. The molecular weight excluding hydrogens is 246 g/mol. The summed E-state index contributed by atoms with van der Waals surface area (Å²) in [5, 5.41) is 4.37. The predicted molar refractivity (Wildman–Crippen MR) is 78.3 cm³/mol. The first-order valence-corrected chi connectivity index (χ1v) is 7.02. The van der Waals surface area contributed by atoms with E-state index in [1.165, 1.54) is 5.56 Å². The van der Waals surface area contributed by atoms with Gasteiger partial charge in [0.25, 0.3) is 0 Å². The van der Waals surface area contributed by atoms with Crippen molar-refractivity contribution in [1.82, 2.24) is 5.32 Å². The average Bonchev–Trinajstić information content (AvgIpc) is 2.35. The third kappa shape index (κ3) is 5.38. The molecule has 1 N–H and O–H groups in total. The summed E-state index contributed by atoms with van der Waals surface area (Å²) in [5.74, 6) is 0.587. The number of hydrogen-bond donors (Lipinski definition) is 1. The van der Waals surface area contributed by atoms with Crippen LogP contribution in [0.1, 0.15) is 25.8 Å². The van der Waals surface area contributed by atoms with Crippen molar-refractivity contribution >= 4 is 11.6 Å². The highest BCUT2D eigenvalue weighted by Gasteiger charge is 2.16. The van der Waals surface area contributed by atoms with Crippen molar-refractivity contribution in [2.24, 2.45) is 5.92 Å². The van der Waals surface area contributed by atoms with Gasteiger partial charge in [-0.2, -0.15) is 0 Å². The van der Waals surface area contributed by atoms with Crippen molar-refractivity contribution in [2.75, 3.05) is 20.3 Å². The van der Waals surface area contributed by atoms with E-state index in [1.807, 2.05) is 12.1 Å². The molecular formula is C15H24ClNO. The molecule has 0 aliphatic carbocycles. The van der Waals surface area contributed by atoms with Crippen LogP contribution in [0.5, 0.6) is 0 Å². The first kappa shape index (κ1) is 15.5. The Morgan fingerprint density at radius 2 is 2.17 bits per heavy atom. The summed E-state index contributed by atoms with van der Waals surface area (Å²) in [6, 6.07) is 8.60. The molecule has 102 valence electrons. The van der Waals surface area contributed by atoms with E-state index in [9.17, 15) is 0 Å². The van der Waals surface area contributed by atoms with Crippen LogP contribution in [0.25, 0.3) is 0 Å². The number of halogens is 1. The monoisotopic (exact) mass is 269 g/mol. The molecule has 0 saturated heterocycles. The van der Waals surface area contributed by atoms with E-state index in [2.05, 4.69) is 31.3 Å². The fourth-order valence-corrected chi connectivity index (χ4v) is 2.37. The van der Waals surface area contributed by atoms with Crippen molar-refractivity contribution < 1.29 is 4.74 Å². The number of benzene rings is 1. The number of rotatable bonds is 8. The lowest BCUT2D eigenvalue weighted by molar-refractivity contribution is 0.170. The first-order valence-electron chi connectivity index (χ1n) is 6.64. The summed E-state index contributed by atoms with van der Waals surface area (Å²) in [6.45, 7) is 6.23. The molecule has 1 rings (SSSR count). The Kier molecular flexibility index (Phi) is 7.33. The van der Waals surface area contributed by atoms with E-state index in [0.29, 0.717) is 12.0 Å². The minimum Gasteiger partial charge on any atom is -0.385 e. The summed E-state index contributed by atoms with van der Waals surface area (Å²) < 4.78 is 5.16. The Hall–Kier alpha value is -0.570. The normalized spacial score (nSPS) is 14.4. The van der Waals surface area contributed by atoms with E-state index in [4.69, 9.17) is 16.3 Å². The maximum absolute atomic E-state index is 6.03. The first-order chi connectivity index (χ1) is 8.67. The zero-order valence-corrected chi connectivity index (χ0v) is 12.3. The summed E-state index contributed by atoms with van der Waals surface area (Å²) in [5.41, 5.74) is 1.29. The molecule has 1 aromatic rings. The Labute approximate surface area is 116 Å². The number of hydrogen-bond acceptors (Lipinski definition) is 2. The van der Waals surface area contributed by atoms with E-state index in [-0.39, 0.29) is 0 Å². The second-order valence-corrected chi connectivity index (χ2v) is 5.19. The fraction of sp³-hybridized carbons (Fsp3) is 0.600. The van der Waals surface area contributed by atoms with Crippen molar-refractivity contribution in [1.29, 1.82) is 0 Å². The van der Waals surface area contributed by atoms with Gasteiger partial charge in [-0.3, -0.25) is 0 Å². The SMILES string of the molecule is CCNC(Cc1cccc(Cl)c1)C(C)CCOC. The Bertz CT molecular complexity index is 343. The van der Waals surface area contributed by atoms with E-state index >= 15 is 0 Å². The lowest BCUT2D eigenvalue weighted by Crippen LogP contribution is -2.37. The van der Waals surface area contributed by atoms with Crippen LogP contribution >= 0.6 is 11.6 Å². The zero-order valence-electron chi connectivity index (χ0n) is 11.6. The van der Waals surface area contributed by atoms with Crippen LogP contribution < -0.4 is 5.32 Å². The summed E-state index contributed by atoms with van der Waals surface area (Å²) in [6.07, 6.45) is 2.09. The second kappa shape index (κ2) is 8.52. The number of nitrogens with one attached hydrogen (secondary N) is 1. The number of ether oxygens (including phenoxy) is 1. The minimum absolute atomic E-state index is 0.476. The maximum atomic E-state index is 6.03. The molecule has 2 atom stereocenters. The van der Waals surface area contributed by atoms with Crippen molar-refractivity contribution in [3.05, 3.63) is 34.9 Å². The Balaban J connectivity index is 2.61. The van der Waals surface area contributed by atoms with Gasteiger partial charge in [-0.15, -0.1) is 0 Å². The molecule has 0 fully saturated rings. The lowest BCUT2D eigenvalue weighted by Gasteiger charge is -2.25. The van der Waals surface area contributed by atoms with Crippen LogP contribution in [0.15, 0.2) is 24.3 Å². The molecule has 3 heteroatoms. The molecule has 0 amide bonds. The molecule has 0 heterocycles. The molecule has 0 bridgehead atoms. The van der Waals surface area contributed by atoms with E-state index < -0.39 is 0 Å². The van der Waals surface area contributed by atoms with Crippen LogP contribution in [0.3, 0.4) is 0 Å². The topological polar surface area (TPSA) is 21.3 Å². The van der Waals surface area contributed by atoms with E-state index in [0.717, 1.165) is 31.0 Å². The minimum atomic E-state index is 0.476.